The van der Waals surface area contributed by atoms with Crippen LogP contribution in [-0.4, -0.2) is 12.5 Å². The molecule has 0 aliphatic carbocycles. The predicted molar refractivity (Wildman–Crippen MR) is 141 cm³/mol. The SMILES string of the molecule is CCOc1cc(/C=C(\C#N)C(=O)Nc2ccc(Cl)cc2)cc(I)c1Cc1ccccc1Br. The topological polar surface area (TPSA) is 62.1 Å². The highest BCUT2D eigenvalue weighted by molar-refractivity contribution is 14.1. The Balaban J connectivity index is 1.91. The fraction of sp³-hybridized carbons (Fsp3) is 0.120. The van der Waals surface area contributed by atoms with Crippen molar-refractivity contribution < 1.29 is 9.53 Å². The number of halogens is 3. The summed E-state index contributed by atoms with van der Waals surface area (Å²) in [5, 5.41) is 12.9. The van der Waals surface area contributed by atoms with Gasteiger partial charge in [0, 0.05) is 30.7 Å². The van der Waals surface area contributed by atoms with Gasteiger partial charge in [0.1, 0.15) is 17.4 Å². The molecule has 3 rings (SSSR count). The first-order valence-corrected chi connectivity index (χ1v) is 12.0. The minimum atomic E-state index is -0.486. The van der Waals surface area contributed by atoms with Gasteiger partial charge in [-0.15, -0.1) is 0 Å². The first kappa shape index (κ1) is 24.3. The smallest absolute Gasteiger partial charge is 0.266 e. The highest BCUT2D eigenvalue weighted by Gasteiger charge is 2.15. The first-order chi connectivity index (χ1) is 15.4. The number of nitrogens with one attached hydrogen (secondary N) is 1. The fourth-order valence-electron chi connectivity index (χ4n) is 3.05. The van der Waals surface area contributed by atoms with E-state index in [0.29, 0.717) is 23.7 Å². The fourth-order valence-corrected chi connectivity index (χ4v) is 4.42. The summed E-state index contributed by atoms with van der Waals surface area (Å²) in [5.74, 6) is 0.247. The molecule has 0 fully saturated rings. The highest BCUT2D eigenvalue weighted by Crippen LogP contribution is 2.31. The maximum Gasteiger partial charge on any atom is 0.266 e. The second kappa shape index (κ2) is 11.5. The molecule has 0 unspecified atom stereocenters. The molecule has 1 N–H and O–H groups in total. The van der Waals surface area contributed by atoms with Crippen LogP contribution in [0.2, 0.25) is 5.02 Å². The zero-order valence-corrected chi connectivity index (χ0v) is 21.7. The molecule has 0 aliphatic rings. The zero-order valence-electron chi connectivity index (χ0n) is 17.2. The van der Waals surface area contributed by atoms with Gasteiger partial charge in [-0.25, -0.2) is 0 Å². The van der Waals surface area contributed by atoms with Crippen LogP contribution < -0.4 is 10.1 Å². The standard InChI is InChI=1S/C25H19BrClIN2O2/c1-2-32-24-13-16(12-23(28)21(24)14-17-5-3-4-6-22(17)26)11-18(15-29)25(31)30-20-9-7-19(27)8-10-20/h3-13H,2,14H2,1H3,(H,30,31)/b18-11+. The van der Waals surface area contributed by atoms with Crippen molar-refractivity contribution in [1.82, 2.24) is 0 Å². The Labute approximate surface area is 214 Å². The van der Waals surface area contributed by atoms with Crippen LogP contribution in [0.5, 0.6) is 5.75 Å². The van der Waals surface area contributed by atoms with Crippen molar-refractivity contribution in [3.63, 3.8) is 0 Å². The van der Waals surface area contributed by atoms with Gasteiger partial charge in [0.15, 0.2) is 0 Å². The summed E-state index contributed by atoms with van der Waals surface area (Å²) >= 11 is 11.8. The lowest BCUT2D eigenvalue weighted by atomic mass is 10.0. The van der Waals surface area contributed by atoms with Gasteiger partial charge in [-0.2, -0.15) is 5.26 Å². The molecule has 0 heterocycles. The molecule has 4 nitrogen and oxygen atoms in total. The molecule has 162 valence electrons. The van der Waals surface area contributed by atoms with Crippen LogP contribution in [0.4, 0.5) is 5.69 Å². The molecule has 0 radical (unpaired) electrons. The molecule has 0 spiro atoms. The van der Waals surface area contributed by atoms with E-state index >= 15 is 0 Å². The zero-order chi connectivity index (χ0) is 23.1. The van der Waals surface area contributed by atoms with Crippen molar-refractivity contribution in [3.8, 4) is 11.8 Å². The minimum absolute atomic E-state index is 0.00301. The number of carbonyl (C=O) groups is 1. The largest absolute Gasteiger partial charge is 0.494 e. The molecule has 1 amide bonds. The van der Waals surface area contributed by atoms with Crippen LogP contribution in [0.3, 0.4) is 0 Å². The Kier molecular flexibility index (Phi) is 8.74. The van der Waals surface area contributed by atoms with Crippen molar-refractivity contribution >= 4 is 67.8 Å². The van der Waals surface area contributed by atoms with E-state index in [1.54, 1.807) is 30.3 Å². The molecule has 0 bridgehead atoms. The van der Waals surface area contributed by atoms with Crippen molar-refractivity contribution in [2.24, 2.45) is 0 Å². The number of hydrogen-bond acceptors (Lipinski definition) is 3. The van der Waals surface area contributed by atoms with Crippen LogP contribution >= 0.6 is 50.1 Å². The summed E-state index contributed by atoms with van der Waals surface area (Å²) in [5.41, 5.74) is 3.48. The van der Waals surface area contributed by atoms with Gasteiger partial charge >= 0.3 is 0 Å². The van der Waals surface area contributed by atoms with Crippen molar-refractivity contribution in [2.45, 2.75) is 13.3 Å². The van der Waals surface area contributed by atoms with E-state index in [4.69, 9.17) is 16.3 Å². The van der Waals surface area contributed by atoms with E-state index in [9.17, 15) is 10.1 Å². The van der Waals surface area contributed by atoms with E-state index < -0.39 is 5.91 Å². The summed E-state index contributed by atoms with van der Waals surface area (Å²) in [6.45, 7) is 2.44. The third kappa shape index (κ3) is 6.35. The highest BCUT2D eigenvalue weighted by atomic mass is 127. The number of hydrogen-bond donors (Lipinski definition) is 1. The number of rotatable bonds is 7. The summed E-state index contributed by atoms with van der Waals surface area (Å²) in [6, 6.07) is 20.6. The van der Waals surface area contributed by atoms with Gasteiger partial charge in [-0.05, 0) is 89.2 Å². The minimum Gasteiger partial charge on any atom is -0.494 e. The Morgan fingerprint density at radius 3 is 2.59 bits per heavy atom. The molecule has 32 heavy (non-hydrogen) atoms. The molecule has 7 heteroatoms. The predicted octanol–water partition coefficient (Wildman–Crippen LogP) is 7.24. The van der Waals surface area contributed by atoms with Crippen molar-refractivity contribution in [2.75, 3.05) is 11.9 Å². The second-order valence-corrected chi connectivity index (χ2v) is 9.26. The van der Waals surface area contributed by atoms with Gasteiger partial charge in [-0.1, -0.05) is 45.7 Å². The van der Waals surface area contributed by atoms with E-state index in [1.807, 2.05) is 43.3 Å². The average Bonchev–Trinajstić information content (AvgIpc) is 2.77. The quantitative estimate of drug-likeness (QED) is 0.172. The number of carbonyl (C=O) groups excluding carboxylic acids is 1. The Morgan fingerprint density at radius 2 is 1.94 bits per heavy atom. The Hall–Kier alpha value is -2.34. The van der Waals surface area contributed by atoms with Gasteiger partial charge in [0.2, 0.25) is 0 Å². The third-order valence-electron chi connectivity index (χ3n) is 4.58. The van der Waals surface area contributed by atoms with Crippen LogP contribution in [0.15, 0.2) is 70.7 Å². The molecule has 3 aromatic rings. The number of nitriles is 1. The second-order valence-electron chi connectivity index (χ2n) is 6.81. The molecule has 3 aromatic carbocycles. The van der Waals surface area contributed by atoms with Crippen LogP contribution in [0.25, 0.3) is 6.08 Å². The van der Waals surface area contributed by atoms with Crippen LogP contribution in [-0.2, 0) is 11.2 Å². The average molecular weight is 622 g/mol. The normalized spacial score (nSPS) is 11.0. The maximum absolute atomic E-state index is 12.6. The molecule has 0 saturated heterocycles. The third-order valence-corrected chi connectivity index (χ3v) is 6.57. The molecule has 0 saturated carbocycles. The number of amides is 1. The van der Waals surface area contributed by atoms with E-state index in [0.717, 1.165) is 30.5 Å². The molecule has 0 aromatic heterocycles. The Bertz CT molecular complexity index is 1200. The summed E-state index contributed by atoms with van der Waals surface area (Å²) in [4.78, 5) is 12.6. The van der Waals surface area contributed by atoms with Gasteiger partial charge in [0.25, 0.3) is 5.91 Å². The summed E-state index contributed by atoms with van der Waals surface area (Å²) in [6.07, 6.45) is 2.26. The van der Waals surface area contributed by atoms with E-state index in [-0.39, 0.29) is 5.57 Å². The molecular formula is C25H19BrClIN2O2. The number of anilines is 1. The lowest BCUT2D eigenvalue weighted by molar-refractivity contribution is -0.112. The van der Waals surface area contributed by atoms with Gasteiger partial charge in [-0.3, -0.25) is 4.79 Å². The number of nitrogens with zero attached hydrogens (tertiary/aromatic N) is 1. The lowest BCUT2D eigenvalue weighted by Gasteiger charge is -2.15. The molecular weight excluding hydrogens is 603 g/mol. The van der Waals surface area contributed by atoms with Crippen molar-refractivity contribution in [1.29, 1.82) is 5.26 Å². The van der Waals surface area contributed by atoms with Crippen molar-refractivity contribution in [3.05, 3.63) is 96.0 Å². The number of benzene rings is 3. The van der Waals surface area contributed by atoms with Gasteiger partial charge in [0.05, 0.1) is 6.61 Å². The summed E-state index contributed by atoms with van der Waals surface area (Å²) < 4.78 is 7.93. The van der Waals surface area contributed by atoms with Crippen LogP contribution in [0, 0.1) is 14.9 Å². The summed E-state index contributed by atoms with van der Waals surface area (Å²) in [7, 11) is 0. The Morgan fingerprint density at radius 1 is 1.22 bits per heavy atom. The van der Waals surface area contributed by atoms with E-state index in [1.165, 1.54) is 0 Å². The lowest BCUT2D eigenvalue weighted by Crippen LogP contribution is -2.13. The molecule has 0 aliphatic heterocycles. The van der Waals surface area contributed by atoms with Crippen LogP contribution in [0.1, 0.15) is 23.6 Å². The molecule has 0 atom stereocenters. The van der Waals surface area contributed by atoms with E-state index in [2.05, 4.69) is 49.9 Å². The van der Waals surface area contributed by atoms with Gasteiger partial charge < -0.3 is 10.1 Å². The maximum atomic E-state index is 12.6. The monoisotopic (exact) mass is 620 g/mol. The number of ether oxygens (including phenoxy) is 1. The first-order valence-electron chi connectivity index (χ1n) is 9.78.